The minimum absolute atomic E-state index is 0.0995. The number of rotatable bonds is 4. The molecule has 1 N–H and O–H groups in total. The van der Waals surface area contributed by atoms with Crippen molar-refractivity contribution in [1.82, 2.24) is 4.98 Å². The van der Waals surface area contributed by atoms with Crippen LogP contribution in [0, 0.1) is 0 Å². The van der Waals surface area contributed by atoms with E-state index >= 15 is 0 Å². The van der Waals surface area contributed by atoms with Crippen LogP contribution in [0.2, 0.25) is 0 Å². The van der Waals surface area contributed by atoms with Crippen molar-refractivity contribution < 1.29 is 14.3 Å². The predicted molar refractivity (Wildman–Crippen MR) is 75.7 cm³/mol. The molecule has 1 heterocycles. The second-order valence-corrected chi connectivity index (χ2v) is 5.10. The summed E-state index contributed by atoms with van der Waals surface area (Å²) < 4.78 is 4.78. The van der Waals surface area contributed by atoms with Gasteiger partial charge in [0.15, 0.2) is 0 Å². The van der Waals surface area contributed by atoms with Gasteiger partial charge in [0.1, 0.15) is 5.41 Å². The number of hydrogen-bond acceptors (Lipinski definition) is 3. The highest BCUT2D eigenvalue weighted by atomic mass is 16.5. The molecule has 0 saturated heterocycles. The van der Waals surface area contributed by atoms with Gasteiger partial charge in [0, 0.05) is 11.3 Å². The molecule has 0 amide bonds. The van der Waals surface area contributed by atoms with Crippen LogP contribution < -0.4 is 0 Å². The summed E-state index contributed by atoms with van der Waals surface area (Å²) in [4.78, 5) is 27.1. The number of carbonyl (C=O) groups excluding carboxylic acids is 2. The van der Waals surface area contributed by atoms with Gasteiger partial charge in [-0.1, -0.05) is 30.3 Å². The Hall–Kier alpha value is -2.36. The Labute approximate surface area is 117 Å². The molecule has 0 radical (unpaired) electrons. The van der Waals surface area contributed by atoms with Crippen LogP contribution in [0.15, 0.2) is 42.5 Å². The van der Waals surface area contributed by atoms with E-state index < -0.39 is 5.41 Å². The monoisotopic (exact) mass is 271 g/mol. The molecule has 0 unspecified atom stereocenters. The standard InChI is InChI=1S/C16H17NO3/c1-16(2,15(19)20-3)13-10-9-12(17-13)14(18)11-7-5-4-6-8-11/h4-10,17H,1-3H3. The number of ether oxygens (including phenoxy) is 1. The fourth-order valence-electron chi connectivity index (χ4n) is 2.00. The number of H-pyrrole nitrogens is 1. The van der Waals surface area contributed by atoms with E-state index in [0.29, 0.717) is 17.0 Å². The van der Waals surface area contributed by atoms with Crippen molar-refractivity contribution in [3.63, 3.8) is 0 Å². The van der Waals surface area contributed by atoms with Gasteiger partial charge in [-0.2, -0.15) is 0 Å². The first-order valence-corrected chi connectivity index (χ1v) is 6.34. The lowest BCUT2D eigenvalue weighted by Gasteiger charge is -2.19. The highest BCUT2D eigenvalue weighted by Gasteiger charge is 2.32. The molecule has 2 aromatic rings. The molecule has 0 aliphatic heterocycles. The Kier molecular flexibility index (Phi) is 3.74. The van der Waals surface area contributed by atoms with Gasteiger partial charge in [-0.05, 0) is 26.0 Å². The van der Waals surface area contributed by atoms with Crippen molar-refractivity contribution >= 4 is 11.8 Å². The van der Waals surface area contributed by atoms with E-state index in [9.17, 15) is 9.59 Å². The molecule has 0 saturated carbocycles. The lowest BCUT2D eigenvalue weighted by atomic mass is 9.90. The molecule has 104 valence electrons. The van der Waals surface area contributed by atoms with Gasteiger partial charge >= 0.3 is 5.97 Å². The number of aromatic nitrogens is 1. The molecule has 0 spiro atoms. The van der Waals surface area contributed by atoms with Crippen molar-refractivity contribution in [2.75, 3.05) is 7.11 Å². The summed E-state index contributed by atoms with van der Waals surface area (Å²) in [5.41, 5.74) is 0.910. The molecule has 0 bridgehead atoms. The van der Waals surface area contributed by atoms with Crippen molar-refractivity contribution in [3.8, 4) is 0 Å². The summed E-state index contributed by atoms with van der Waals surface area (Å²) in [7, 11) is 1.35. The largest absolute Gasteiger partial charge is 0.468 e. The smallest absolute Gasteiger partial charge is 0.317 e. The van der Waals surface area contributed by atoms with Crippen LogP contribution in [0.1, 0.15) is 35.6 Å². The highest BCUT2D eigenvalue weighted by molar-refractivity contribution is 6.07. The molecule has 2 rings (SSSR count). The summed E-state index contributed by atoms with van der Waals surface area (Å²) >= 11 is 0. The quantitative estimate of drug-likeness (QED) is 0.687. The Bertz CT molecular complexity index is 626. The molecule has 0 aliphatic rings. The maximum Gasteiger partial charge on any atom is 0.317 e. The molecular formula is C16H17NO3. The predicted octanol–water partition coefficient (Wildman–Crippen LogP) is 2.70. The van der Waals surface area contributed by atoms with Crippen molar-refractivity contribution in [3.05, 3.63) is 59.4 Å². The summed E-state index contributed by atoms with van der Waals surface area (Å²) in [6.45, 7) is 3.50. The Balaban J connectivity index is 2.30. The van der Waals surface area contributed by atoms with Gasteiger partial charge in [0.05, 0.1) is 12.8 Å². The van der Waals surface area contributed by atoms with Gasteiger partial charge in [-0.25, -0.2) is 0 Å². The molecule has 1 aromatic heterocycles. The number of esters is 1. The second-order valence-electron chi connectivity index (χ2n) is 5.10. The van der Waals surface area contributed by atoms with Gasteiger partial charge in [-0.15, -0.1) is 0 Å². The van der Waals surface area contributed by atoms with E-state index in [0.717, 1.165) is 0 Å². The van der Waals surface area contributed by atoms with Crippen LogP contribution in [0.25, 0.3) is 0 Å². The van der Waals surface area contributed by atoms with Crippen molar-refractivity contribution in [2.45, 2.75) is 19.3 Å². The van der Waals surface area contributed by atoms with E-state index in [1.54, 1.807) is 38.1 Å². The topological polar surface area (TPSA) is 59.2 Å². The third-order valence-corrected chi connectivity index (χ3v) is 3.34. The highest BCUT2D eigenvalue weighted by Crippen LogP contribution is 2.24. The van der Waals surface area contributed by atoms with Crippen molar-refractivity contribution in [1.29, 1.82) is 0 Å². The van der Waals surface area contributed by atoms with E-state index in [1.165, 1.54) is 7.11 Å². The van der Waals surface area contributed by atoms with Crippen LogP contribution in [-0.4, -0.2) is 23.8 Å². The third-order valence-electron chi connectivity index (χ3n) is 3.34. The lowest BCUT2D eigenvalue weighted by molar-refractivity contribution is -0.146. The molecule has 4 heteroatoms. The molecule has 0 fully saturated rings. The number of methoxy groups -OCH3 is 1. The van der Waals surface area contributed by atoms with Gasteiger partial charge < -0.3 is 9.72 Å². The molecule has 20 heavy (non-hydrogen) atoms. The second kappa shape index (κ2) is 5.33. The van der Waals surface area contributed by atoms with Gasteiger partial charge in [-0.3, -0.25) is 9.59 Å². The molecular weight excluding hydrogens is 254 g/mol. The number of hydrogen-bond donors (Lipinski definition) is 1. The normalized spacial score (nSPS) is 11.2. The van der Waals surface area contributed by atoms with Crippen LogP contribution in [0.4, 0.5) is 0 Å². The zero-order valence-corrected chi connectivity index (χ0v) is 11.8. The van der Waals surface area contributed by atoms with Gasteiger partial charge in [0.2, 0.25) is 5.78 Å². The Morgan fingerprint density at radius 3 is 2.30 bits per heavy atom. The van der Waals surface area contributed by atoms with E-state index in [4.69, 9.17) is 4.74 Å². The third kappa shape index (κ3) is 2.50. The molecule has 4 nitrogen and oxygen atoms in total. The zero-order valence-electron chi connectivity index (χ0n) is 11.8. The summed E-state index contributed by atoms with van der Waals surface area (Å²) in [5, 5.41) is 0. The fourth-order valence-corrected chi connectivity index (χ4v) is 2.00. The van der Waals surface area contributed by atoms with Gasteiger partial charge in [0.25, 0.3) is 0 Å². The van der Waals surface area contributed by atoms with Crippen LogP contribution in [-0.2, 0) is 14.9 Å². The Morgan fingerprint density at radius 1 is 1.05 bits per heavy atom. The minimum Gasteiger partial charge on any atom is -0.468 e. The minimum atomic E-state index is -0.816. The average molecular weight is 271 g/mol. The summed E-state index contributed by atoms with van der Waals surface area (Å²) in [6, 6.07) is 12.4. The first-order valence-electron chi connectivity index (χ1n) is 6.34. The van der Waals surface area contributed by atoms with Crippen molar-refractivity contribution in [2.24, 2.45) is 0 Å². The SMILES string of the molecule is COC(=O)C(C)(C)c1ccc(C(=O)c2ccccc2)[nH]1. The average Bonchev–Trinajstić information content (AvgIpc) is 2.97. The number of ketones is 1. The maximum atomic E-state index is 12.3. The first-order chi connectivity index (χ1) is 9.46. The van der Waals surface area contributed by atoms with E-state index in [2.05, 4.69) is 4.98 Å². The fraction of sp³-hybridized carbons (Fsp3) is 0.250. The van der Waals surface area contributed by atoms with E-state index in [-0.39, 0.29) is 11.8 Å². The van der Waals surface area contributed by atoms with E-state index in [1.807, 2.05) is 18.2 Å². The number of aromatic amines is 1. The number of benzene rings is 1. The zero-order chi connectivity index (χ0) is 14.8. The Morgan fingerprint density at radius 2 is 1.70 bits per heavy atom. The molecule has 1 aromatic carbocycles. The first kappa shape index (κ1) is 14.1. The molecule has 0 aliphatic carbocycles. The maximum absolute atomic E-state index is 12.3. The summed E-state index contributed by atoms with van der Waals surface area (Å²) in [5.74, 6) is -0.449. The lowest BCUT2D eigenvalue weighted by Crippen LogP contribution is -2.30. The summed E-state index contributed by atoms with van der Waals surface area (Å²) in [6.07, 6.45) is 0. The van der Waals surface area contributed by atoms with Crippen LogP contribution >= 0.6 is 0 Å². The number of nitrogens with one attached hydrogen (secondary N) is 1. The van der Waals surface area contributed by atoms with Crippen LogP contribution in [0.3, 0.4) is 0 Å². The molecule has 0 atom stereocenters. The van der Waals surface area contributed by atoms with Crippen LogP contribution in [0.5, 0.6) is 0 Å². The number of carbonyl (C=O) groups is 2.